The van der Waals surface area contributed by atoms with Gasteiger partial charge in [-0.3, -0.25) is 0 Å². The van der Waals surface area contributed by atoms with E-state index in [1.165, 1.54) is 5.56 Å². The van der Waals surface area contributed by atoms with Crippen LogP contribution in [0.5, 0.6) is 0 Å². The summed E-state index contributed by atoms with van der Waals surface area (Å²) in [4.78, 5) is 0. The summed E-state index contributed by atoms with van der Waals surface area (Å²) in [5, 5.41) is 3.32. The Balaban J connectivity index is 2.27. The van der Waals surface area contributed by atoms with Crippen molar-refractivity contribution in [1.82, 2.24) is 0 Å². The summed E-state index contributed by atoms with van der Waals surface area (Å²) in [6, 6.07) is 8.25. The van der Waals surface area contributed by atoms with Gasteiger partial charge in [-0.2, -0.15) is 0 Å². The molecule has 17 heavy (non-hydrogen) atoms. The number of ether oxygens (including phenoxy) is 2. The molecule has 0 aliphatic carbocycles. The Kier molecular flexibility index (Phi) is 5.45. The van der Waals surface area contributed by atoms with Crippen LogP contribution in [0.3, 0.4) is 0 Å². The molecule has 0 saturated heterocycles. The van der Waals surface area contributed by atoms with Gasteiger partial charge in [0.1, 0.15) is 0 Å². The maximum Gasteiger partial charge on any atom is 0.0713 e. The first-order valence-corrected chi connectivity index (χ1v) is 5.97. The third kappa shape index (κ3) is 6.29. The van der Waals surface area contributed by atoms with Crippen LogP contribution >= 0.6 is 0 Å². The van der Waals surface area contributed by atoms with E-state index in [0.717, 1.165) is 12.2 Å². The molecule has 1 aromatic carbocycles. The first kappa shape index (κ1) is 14.0. The topological polar surface area (TPSA) is 30.5 Å². The van der Waals surface area contributed by atoms with Gasteiger partial charge in [-0.1, -0.05) is 12.1 Å². The first-order chi connectivity index (χ1) is 8.01. The second-order valence-electron chi connectivity index (χ2n) is 5.02. The van der Waals surface area contributed by atoms with Crippen molar-refractivity contribution in [2.75, 3.05) is 25.6 Å². The molecule has 1 N–H and O–H groups in total. The zero-order valence-corrected chi connectivity index (χ0v) is 11.2. The summed E-state index contributed by atoms with van der Waals surface area (Å²) < 4.78 is 10.7. The van der Waals surface area contributed by atoms with Crippen molar-refractivity contribution < 1.29 is 9.47 Å². The zero-order chi connectivity index (χ0) is 12.7. The van der Waals surface area contributed by atoms with Crippen LogP contribution in [0.4, 0.5) is 5.69 Å². The van der Waals surface area contributed by atoms with Crippen molar-refractivity contribution in [2.24, 2.45) is 0 Å². The van der Waals surface area contributed by atoms with Crippen molar-refractivity contribution in [3.05, 3.63) is 29.8 Å². The fourth-order valence-electron chi connectivity index (χ4n) is 1.44. The van der Waals surface area contributed by atoms with Gasteiger partial charge in [-0.05, 0) is 38.5 Å². The predicted octanol–water partition coefficient (Wildman–Crippen LogP) is 3.06. The molecule has 1 aromatic rings. The number of hydrogen-bond acceptors (Lipinski definition) is 3. The molecule has 0 radical (unpaired) electrons. The van der Waals surface area contributed by atoms with Gasteiger partial charge in [0.15, 0.2) is 0 Å². The molecule has 0 aromatic heterocycles. The van der Waals surface area contributed by atoms with Gasteiger partial charge in [0.25, 0.3) is 0 Å². The number of methoxy groups -OCH3 is 1. The minimum absolute atomic E-state index is 0.0655. The monoisotopic (exact) mass is 237 g/mol. The van der Waals surface area contributed by atoms with Crippen molar-refractivity contribution in [3.8, 4) is 0 Å². The second-order valence-corrected chi connectivity index (χ2v) is 5.02. The van der Waals surface area contributed by atoms with Gasteiger partial charge in [0.05, 0.1) is 18.8 Å². The van der Waals surface area contributed by atoms with E-state index in [1.807, 2.05) is 0 Å². The molecule has 0 bridgehead atoms. The Morgan fingerprint density at radius 3 is 2.29 bits per heavy atom. The second kappa shape index (κ2) is 6.62. The third-order valence-corrected chi connectivity index (χ3v) is 2.23. The van der Waals surface area contributed by atoms with Gasteiger partial charge < -0.3 is 14.8 Å². The van der Waals surface area contributed by atoms with Gasteiger partial charge >= 0.3 is 0 Å². The molecular weight excluding hydrogens is 214 g/mol. The van der Waals surface area contributed by atoms with Gasteiger partial charge in [0.2, 0.25) is 0 Å². The minimum atomic E-state index is -0.0655. The number of rotatable bonds is 6. The average Bonchev–Trinajstić information content (AvgIpc) is 2.26. The lowest BCUT2D eigenvalue weighted by Gasteiger charge is -2.19. The van der Waals surface area contributed by atoms with Gasteiger partial charge in [-0.15, -0.1) is 0 Å². The lowest BCUT2D eigenvalue weighted by molar-refractivity contribution is 0.00333. The first-order valence-electron chi connectivity index (χ1n) is 5.97. The van der Waals surface area contributed by atoms with E-state index in [0.29, 0.717) is 13.2 Å². The van der Waals surface area contributed by atoms with E-state index in [9.17, 15) is 0 Å². The van der Waals surface area contributed by atoms with Crippen molar-refractivity contribution >= 4 is 5.69 Å². The summed E-state index contributed by atoms with van der Waals surface area (Å²) >= 11 is 0. The summed E-state index contributed by atoms with van der Waals surface area (Å²) in [6.07, 6.45) is 0. The molecule has 0 heterocycles. The highest BCUT2D eigenvalue weighted by Crippen LogP contribution is 2.10. The van der Waals surface area contributed by atoms with Crippen molar-refractivity contribution in [2.45, 2.75) is 33.0 Å². The Morgan fingerprint density at radius 1 is 1.12 bits per heavy atom. The Bertz CT molecular complexity index is 314. The molecule has 0 fully saturated rings. The fraction of sp³-hybridized carbons (Fsp3) is 0.571. The molecule has 0 atom stereocenters. The maximum atomic E-state index is 5.63. The van der Waals surface area contributed by atoms with Crippen LogP contribution in [0.2, 0.25) is 0 Å². The molecular formula is C14H23NO2. The van der Waals surface area contributed by atoms with E-state index in [-0.39, 0.29) is 5.60 Å². The molecule has 3 heteroatoms. The Morgan fingerprint density at radius 2 is 1.76 bits per heavy atom. The molecule has 0 amide bonds. The number of hydrogen-bond donors (Lipinski definition) is 1. The van der Waals surface area contributed by atoms with Crippen LogP contribution in [0.25, 0.3) is 0 Å². The van der Waals surface area contributed by atoms with Gasteiger partial charge in [0, 0.05) is 19.3 Å². The average molecular weight is 237 g/mol. The number of benzene rings is 1. The summed E-state index contributed by atoms with van der Waals surface area (Å²) in [5.41, 5.74) is 2.23. The summed E-state index contributed by atoms with van der Waals surface area (Å²) in [5.74, 6) is 0. The van der Waals surface area contributed by atoms with Crippen LogP contribution in [0, 0.1) is 0 Å². The predicted molar refractivity (Wildman–Crippen MR) is 71.3 cm³/mol. The van der Waals surface area contributed by atoms with Crippen LogP contribution in [-0.4, -0.2) is 25.9 Å². The molecule has 0 spiro atoms. The highest BCUT2D eigenvalue weighted by atomic mass is 16.5. The minimum Gasteiger partial charge on any atom is -0.383 e. The molecule has 0 saturated carbocycles. The normalized spacial score (nSPS) is 11.5. The van der Waals surface area contributed by atoms with Crippen LogP contribution in [0.1, 0.15) is 26.3 Å². The maximum absolute atomic E-state index is 5.63. The smallest absolute Gasteiger partial charge is 0.0713 e. The lowest BCUT2D eigenvalue weighted by atomic mass is 10.2. The third-order valence-electron chi connectivity index (χ3n) is 2.23. The quantitative estimate of drug-likeness (QED) is 0.771. The van der Waals surface area contributed by atoms with Crippen molar-refractivity contribution in [1.29, 1.82) is 0 Å². The van der Waals surface area contributed by atoms with E-state index in [4.69, 9.17) is 9.47 Å². The zero-order valence-electron chi connectivity index (χ0n) is 11.2. The lowest BCUT2D eigenvalue weighted by Crippen LogP contribution is -2.23. The number of anilines is 1. The highest BCUT2D eigenvalue weighted by molar-refractivity contribution is 5.44. The molecule has 0 unspecified atom stereocenters. The van der Waals surface area contributed by atoms with E-state index in [1.54, 1.807) is 7.11 Å². The summed E-state index contributed by atoms with van der Waals surface area (Å²) in [6.45, 7) is 8.38. The molecule has 96 valence electrons. The molecule has 0 aliphatic heterocycles. The molecule has 0 aliphatic rings. The van der Waals surface area contributed by atoms with Crippen LogP contribution in [-0.2, 0) is 16.1 Å². The van der Waals surface area contributed by atoms with Crippen molar-refractivity contribution in [3.63, 3.8) is 0 Å². The molecule has 3 nitrogen and oxygen atoms in total. The number of nitrogens with one attached hydrogen (secondary N) is 1. The Hall–Kier alpha value is -1.06. The molecule has 1 rings (SSSR count). The van der Waals surface area contributed by atoms with Crippen LogP contribution in [0.15, 0.2) is 24.3 Å². The standard InChI is InChI=1S/C14H23NO2/c1-14(2,3)17-10-9-15-13-7-5-12(6-8-13)11-16-4/h5-8,15H,9-11H2,1-4H3. The summed E-state index contributed by atoms with van der Waals surface area (Å²) in [7, 11) is 1.70. The van der Waals surface area contributed by atoms with Crippen LogP contribution < -0.4 is 5.32 Å². The Labute approximate surface area is 104 Å². The SMILES string of the molecule is COCc1ccc(NCCOC(C)(C)C)cc1. The largest absolute Gasteiger partial charge is 0.383 e. The fourth-order valence-corrected chi connectivity index (χ4v) is 1.44. The van der Waals surface area contributed by atoms with Gasteiger partial charge in [-0.25, -0.2) is 0 Å². The van der Waals surface area contributed by atoms with E-state index in [2.05, 4.69) is 50.4 Å². The van der Waals surface area contributed by atoms with E-state index >= 15 is 0 Å². The van der Waals surface area contributed by atoms with E-state index < -0.39 is 0 Å². The highest BCUT2D eigenvalue weighted by Gasteiger charge is 2.08.